The second-order valence-electron chi connectivity index (χ2n) is 5.40. The number of hydrogen-bond acceptors (Lipinski definition) is 4. The fraction of sp³-hybridized carbons (Fsp3) is 0.312. The molecular weight excluding hydrogens is 319 g/mol. The van der Waals surface area contributed by atoms with Gasteiger partial charge in [-0.3, -0.25) is 0 Å². The molecule has 0 saturated carbocycles. The topological polar surface area (TPSA) is 72.2 Å². The summed E-state index contributed by atoms with van der Waals surface area (Å²) in [7, 11) is -3.90. The van der Waals surface area contributed by atoms with Crippen molar-refractivity contribution in [1.29, 1.82) is 0 Å². The maximum Gasteiger partial charge on any atom is 0.236 e. The van der Waals surface area contributed by atoms with E-state index in [4.69, 9.17) is 4.52 Å². The van der Waals surface area contributed by atoms with Gasteiger partial charge in [0.25, 0.3) is 0 Å². The molecule has 0 aliphatic rings. The molecule has 0 bridgehead atoms. The largest absolute Gasteiger partial charge is 0.361 e. The highest BCUT2D eigenvalue weighted by Gasteiger charge is 2.18. The van der Waals surface area contributed by atoms with Gasteiger partial charge in [0.15, 0.2) is 0 Å². The number of benzene rings is 1. The van der Waals surface area contributed by atoms with E-state index < -0.39 is 21.9 Å². The quantitative estimate of drug-likeness (QED) is 0.878. The molecule has 1 aromatic heterocycles. The summed E-state index contributed by atoms with van der Waals surface area (Å²) >= 11 is 0. The van der Waals surface area contributed by atoms with Crippen LogP contribution in [-0.2, 0) is 16.4 Å². The summed E-state index contributed by atoms with van der Waals surface area (Å²) in [6.07, 6.45) is 0.418. The maximum atomic E-state index is 14.0. The highest BCUT2D eigenvalue weighted by atomic mass is 32.2. The van der Waals surface area contributed by atoms with Crippen molar-refractivity contribution in [1.82, 2.24) is 9.88 Å². The molecule has 0 fully saturated rings. The van der Waals surface area contributed by atoms with Crippen molar-refractivity contribution in [2.24, 2.45) is 0 Å². The van der Waals surface area contributed by atoms with Gasteiger partial charge in [-0.15, -0.1) is 0 Å². The zero-order valence-electron chi connectivity index (χ0n) is 13.2. The molecule has 124 valence electrons. The molecule has 0 saturated heterocycles. The molecule has 0 spiro atoms. The molecule has 2 rings (SSSR count). The van der Waals surface area contributed by atoms with E-state index in [-0.39, 0.29) is 5.56 Å². The van der Waals surface area contributed by atoms with Crippen molar-refractivity contribution in [3.63, 3.8) is 0 Å². The molecule has 1 unspecified atom stereocenters. The monoisotopic (exact) mass is 338 g/mol. The Balaban J connectivity index is 2.09. The third-order valence-electron chi connectivity index (χ3n) is 3.37. The normalized spacial score (nSPS) is 14.0. The number of rotatable bonds is 6. The Morgan fingerprint density at radius 2 is 2.00 bits per heavy atom. The van der Waals surface area contributed by atoms with Crippen molar-refractivity contribution in [2.75, 3.05) is 0 Å². The molecule has 2 aromatic rings. The Bertz CT molecular complexity index is 778. The summed E-state index contributed by atoms with van der Waals surface area (Å²) in [5.74, 6) is -0.151. The van der Waals surface area contributed by atoms with Crippen LogP contribution in [-0.4, -0.2) is 19.6 Å². The summed E-state index contributed by atoms with van der Waals surface area (Å²) in [4.78, 5) is 0. The van der Waals surface area contributed by atoms with Crippen molar-refractivity contribution in [2.45, 2.75) is 33.2 Å². The lowest BCUT2D eigenvalue weighted by Crippen LogP contribution is -2.33. The smallest absolute Gasteiger partial charge is 0.236 e. The Morgan fingerprint density at radius 3 is 2.57 bits per heavy atom. The van der Waals surface area contributed by atoms with Crippen LogP contribution in [0.4, 0.5) is 4.39 Å². The molecule has 0 amide bonds. The first-order chi connectivity index (χ1) is 10.8. The highest BCUT2D eigenvalue weighted by molar-refractivity contribution is 7.92. The van der Waals surface area contributed by atoms with Crippen LogP contribution < -0.4 is 4.72 Å². The van der Waals surface area contributed by atoms with Gasteiger partial charge in [0.1, 0.15) is 11.6 Å². The Hall–Kier alpha value is -1.99. The van der Waals surface area contributed by atoms with Crippen LogP contribution in [0.3, 0.4) is 0 Å². The second-order valence-corrected chi connectivity index (χ2v) is 6.96. The molecule has 0 radical (unpaired) electrons. The second kappa shape index (κ2) is 7.06. The lowest BCUT2D eigenvalue weighted by atomic mass is 10.1. The maximum absolute atomic E-state index is 14.0. The van der Waals surface area contributed by atoms with Crippen molar-refractivity contribution >= 4 is 15.9 Å². The van der Waals surface area contributed by atoms with Gasteiger partial charge >= 0.3 is 0 Å². The average Bonchev–Trinajstić information content (AvgIpc) is 2.79. The van der Waals surface area contributed by atoms with Crippen LogP contribution in [0.25, 0.3) is 5.83 Å². The van der Waals surface area contributed by atoms with Crippen LogP contribution in [0.5, 0.6) is 0 Å². The van der Waals surface area contributed by atoms with E-state index in [2.05, 4.69) is 9.88 Å². The van der Waals surface area contributed by atoms with Gasteiger partial charge in [0.2, 0.25) is 10.0 Å². The molecule has 23 heavy (non-hydrogen) atoms. The average molecular weight is 338 g/mol. The molecule has 1 N–H and O–H groups in total. The number of hydrogen-bond donors (Lipinski definition) is 1. The number of halogens is 1. The zero-order chi connectivity index (χ0) is 17.0. The number of sulfonamides is 1. The first kappa shape index (κ1) is 17.4. The van der Waals surface area contributed by atoms with Gasteiger partial charge in [-0.05, 0) is 27.2 Å². The Kier molecular flexibility index (Phi) is 5.33. The summed E-state index contributed by atoms with van der Waals surface area (Å²) in [6.45, 7) is 5.27. The van der Waals surface area contributed by atoms with E-state index in [9.17, 15) is 12.8 Å². The Morgan fingerprint density at radius 1 is 1.35 bits per heavy atom. The standard InChI is InChI=1S/C16H19FN2O3S/c1-11(9-15-12(2)18-22-13(15)3)19-23(20,21)10-16(17)14-7-5-4-6-8-14/h4-8,10-11,19H,9H2,1-3H3/b16-10-. The number of aromatic nitrogens is 1. The van der Waals surface area contributed by atoms with Gasteiger partial charge in [-0.2, -0.15) is 0 Å². The first-order valence-electron chi connectivity index (χ1n) is 7.15. The van der Waals surface area contributed by atoms with Gasteiger partial charge < -0.3 is 4.52 Å². The molecule has 1 heterocycles. The lowest BCUT2D eigenvalue weighted by molar-refractivity contribution is 0.392. The summed E-state index contributed by atoms with van der Waals surface area (Å²) in [5, 5.41) is 4.43. The highest BCUT2D eigenvalue weighted by Crippen LogP contribution is 2.18. The van der Waals surface area contributed by atoms with E-state index in [0.717, 1.165) is 11.3 Å². The number of nitrogens with one attached hydrogen (secondary N) is 1. The minimum Gasteiger partial charge on any atom is -0.361 e. The van der Waals surface area contributed by atoms with Crippen LogP contribution in [0.2, 0.25) is 0 Å². The van der Waals surface area contributed by atoms with Crippen LogP contribution in [0, 0.1) is 13.8 Å². The molecular formula is C16H19FN2O3S. The van der Waals surface area contributed by atoms with Crippen molar-refractivity contribution in [3.05, 3.63) is 58.3 Å². The van der Waals surface area contributed by atoms with Gasteiger partial charge in [-0.1, -0.05) is 35.5 Å². The van der Waals surface area contributed by atoms with Crippen molar-refractivity contribution < 1.29 is 17.3 Å². The SMILES string of the molecule is Cc1noc(C)c1CC(C)NS(=O)(=O)/C=C(\F)c1ccccc1. The van der Waals surface area contributed by atoms with E-state index >= 15 is 0 Å². The van der Waals surface area contributed by atoms with Crippen molar-refractivity contribution in [3.8, 4) is 0 Å². The minimum atomic E-state index is -3.90. The summed E-state index contributed by atoms with van der Waals surface area (Å²) < 4.78 is 45.6. The van der Waals surface area contributed by atoms with E-state index in [1.54, 1.807) is 39.0 Å². The fourth-order valence-electron chi connectivity index (χ4n) is 2.26. The number of aryl methyl sites for hydroxylation is 2. The van der Waals surface area contributed by atoms with Gasteiger partial charge in [0, 0.05) is 17.2 Å². The van der Waals surface area contributed by atoms with Gasteiger partial charge in [-0.25, -0.2) is 17.5 Å². The predicted molar refractivity (Wildman–Crippen MR) is 86.7 cm³/mol. The molecule has 1 aromatic carbocycles. The molecule has 0 aliphatic carbocycles. The van der Waals surface area contributed by atoms with Crippen LogP contribution >= 0.6 is 0 Å². The van der Waals surface area contributed by atoms with Crippen LogP contribution in [0.1, 0.15) is 29.5 Å². The van der Waals surface area contributed by atoms with E-state index in [1.165, 1.54) is 12.1 Å². The summed E-state index contributed by atoms with van der Waals surface area (Å²) in [5.41, 5.74) is 1.79. The molecule has 1 atom stereocenters. The molecule has 7 heteroatoms. The first-order valence-corrected chi connectivity index (χ1v) is 8.70. The summed E-state index contributed by atoms with van der Waals surface area (Å²) in [6, 6.07) is 7.61. The third kappa shape index (κ3) is 4.74. The molecule has 0 aliphatic heterocycles. The lowest BCUT2D eigenvalue weighted by Gasteiger charge is -2.12. The third-order valence-corrected chi connectivity index (χ3v) is 4.61. The fourth-order valence-corrected chi connectivity index (χ4v) is 3.38. The Labute approximate surface area is 135 Å². The van der Waals surface area contributed by atoms with Crippen LogP contribution in [0.15, 0.2) is 40.3 Å². The minimum absolute atomic E-state index is 0.219. The molecule has 5 nitrogen and oxygen atoms in total. The van der Waals surface area contributed by atoms with E-state index in [1.807, 2.05) is 0 Å². The number of nitrogens with zero attached hydrogens (tertiary/aromatic N) is 1. The van der Waals surface area contributed by atoms with Gasteiger partial charge in [0.05, 0.1) is 11.1 Å². The zero-order valence-corrected chi connectivity index (χ0v) is 14.0. The van der Waals surface area contributed by atoms with E-state index in [0.29, 0.717) is 17.6 Å². The predicted octanol–water partition coefficient (Wildman–Crippen LogP) is 3.11.